The normalized spacial score (nSPS) is 10.4. The molecule has 1 amide bonds. The molecule has 0 saturated carbocycles. The second kappa shape index (κ2) is 7.60. The van der Waals surface area contributed by atoms with Crippen LogP contribution in [0.2, 0.25) is 0 Å². The van der Waals surface area contributed by atoms with Crippen molar-refractivity contribution in [3.63, 3.8) is 0 Å². The highest BCUT2D eigenvalue weighted by atomic mass is 16.5. The number of nitrogens with one attached hydrogen (secondary N) is 2. The monoisotopic (exact) mass is 252 g/mol. The van der Waals surface area contributed by atoms with E-state index in [1.54, 1.807) is 13.3 Å². The standard InChI is InChI=1S/C12H20N4O2/c1-9(2)6-16-12(17)10-7-15-11(8-14-10)13-4-5-18-3/h7-9H,4-6H2,1-3H3,(H,13,15)(H,16,17). The van der Waals surface area contributed by atoms with E-state index < -0.39 is 0 Å². The van der Waals surface area contributed by atoms with Crippen molar-refractivity contribution < 1.29 is 9.53 Å². The molecule has 0 aliphatic heterocycles. The van der Waals surface area contributed by atoms with E-state index in [0.29, 0.717) is 37.1 Å². The van der Waals surface area contributed by atoms with Crippen molar-refractivity contribution in [1.29, 1.82) is 0 Å². The molecule has 0 aliphatic carbocycles. The van der Waals surface area contributed by atoms with E-state index in [0.717, 1.165) is 0 Å². The molecule has 0 saturated heterocycles. The summed E-state index contributed by atoms with van der Waals surface area (Å²) in [4.78, 5) is 19.8. The number of anilines is 1. The third-order valence-corrected chi connectivity index (χ3v) is 2.17. The molecule has 0 bridgehead atoms. The molecule has 0 aromatic carbocycles. The molecule has 0 fully saturated rings. The van der Waals surface area contributed by atoms with E-state index in [-0.39, 0.29) is 5.91 Å². The lowest BCUT2D eigenvalue weighted by Crippen LogP contribution is -2.28. The van der Waals surface area contributed by atoms with Crippen LogP contribution in [0.5, 0.6) is 0 Å². The molecule has 18 heavy (non-hydrogen) atoms. The largest absolute Gasteiger partial charge is 0.383 e. The number of hydrogen-bond acceptors (Lipinski definition) is 5. The Morgan fingerprint density at radius 2 is 2.17 bits per heavy atom. The Labute approximate surface area is 107 Å². The first-order chi connectivity index (χ1) is 8.63. The third-order valence-electron chi connectivity index (χ3n) is 2.17. The fourth-order valence-electron chi connectivity index (χ4n) is 1.21. The Kier molecular flexibility index (Phi) is 6.07. The molecule has 0 atom stereocenters. The summed E-state index contributed by atoms with van der Waals surface area (Å²) in [5.74, 6) is 0.851. The second-order valence-corrected chi connectivity index (χ2v) is 4.31. The fraction of sp³-hybridized carbons (Fsp3) is 0.583. The second-order valence-electron chi connectivity index (χ2n) is 4.31. The van der Waals surface area contributed by atoms with E-state index in [9.17, 15) is 4.79 Å². The molecule has 6 nitrogen and oxygen atoms in total. The van der Waals surface area contributed by atoms with E-state index in [2.05, 4.69) is 20.6 Å². The maximum absolute atomic E-state index is 11.7. The molecule has 1 aromatic rings. The number of hydrogen-bond donors (Lipinski definition) is 2. The summed E-state index contributed by atoms with van der Waals surface area (Å²) in [5, 5.41) is 5.82. The van der Waals surface area contributed by atoms with Crippen LogP contribution in [-0.2, 0) is 4.74 Å². The topological polar surface area (TPSA) is 76.1 Å². The van der Waals surface area contributed by atoms with Gasteiger partial charge in [0, 0.05) is 20.2 Å². The van der Waals surface area contributed by atoms with Crippen LogP contribution in [0, 0.1) is 5.92 Å². The molecule has 0 unspecified atom stereocenters. The minimum absolute atomic E-state index is 0.195. The Bertz CT molecular complexity index is 365. The molecule has 0 radical (unpaired) electrons. The van der Waals surface area contributed by atoms with Crippen molar-refractivity contribution in [3.8, 4) is 0 Å². The summed E-state index contributed by atoms with van der Waals surface area (Å²) >= 11 is 0. The van der Waals surface area contributed by atoms with Gasteiger partial charge in [0.2, 0.25) is 0 Å². The van der Waals surface area contributed by atoms with Crippen LogP contribution in [-0.4, -0.2) is 42.7 Å². The summed E-state index contributed by atoms with van der Waals surface area (Å²) < 4.78 is 4.91. The molecule has 6 heteroatoms. The zero-order valence-corrected chi connectivity index (χ0v) is 11.1. The average Bonchev–Trinajstić information content (AvgIpc) is 2.37. The van der Waals surface area contributed by atoms with Gasteiger partial charge in [-0.1, -0.05) is 13.8 Å². The van der Waals surface area contributed by atoms with Crippen LogP contribution in [0.3, 0.4) is 0 Å². The average molecular weight is 252 g/mol. The maximum Gasteiger partial charge on any atom is 0.271 e. The molecule has 1 rings (SSSR count). The number of methoxy groups -OCH3 is 1. The molecular formula is C12H20N4O2. The van der Waals surface area contributed by atoms with Gasteiger partial charge in [0.15, 0.2) is 0 Å². The predicted octanol–water partition coefficient (Wildman–Crippen LogP) is 0.921. The van der Waals surface area contributed by atoms with Crippen LogP contribution in [0.4, 0.5) is 5.82 Å². The van der Waals surface area contributed by atoms with Gasteiger partial charge in [0.05, 0.1) is 19.0 Å². The van der Waals surface area contributed by atoms with E-state index >= 15 is 0 Å². The van der Waals surface area contributed by atoms with Gasteiger partial charge in [-0.2, -0.15) is 0 Å². The number of nitrogens with zero attached hydrogens (tertiary/aromatic N) is 2. The summed E-state index contributed by atoms with van der Waals surface area (Å²) in [6.45, 7) is 5.96. The third kappa shape index (κ3) is 5.09. The molecule has 0 spiro atoms. The van der Waals surface area contributed by atoms with Gasteiger partial charge in [0.1, 0.15) is 11.5 Å². The Morgan fingerprint density at radius 1 is 1.39 bits per heavy atom. The first-order valence-electron chi connectivity index (χ1n) is 5.96. The van der Waals surface area contributed by atoms with Crippen LogP contribution in [0.1, 0.15) is 24.3 Å². The Hall–Kier alpha value is -1.69. The summed E-state index contributed by atoms with van der Waals surface area (Å²) in [6.07, 6.45) is 3.00. The highest BCUT2D eigenvalue weighted by Gasteiger charge is 2.07. The molecule has 2 N–H and O–H groups in total. The quantitative estimate of drug-likeness (QED) is 0.706. The van der Waals surface area contributed by atoms with Gasteiger partial charge >= 0.3 is 0 Å². The predicted molar refractivity (Wildman–Crippen MR) is 69.6 cm³/mol. The lowest BCUT2D eigenvalue weighted by molar-refractivity contribution is 0.0943. The van der Waals surface area contributed by atoms with Crippen LogP contribution in [0.25, 0.3) is 0 Å². The van der Waals surface area contributed by atoms with Crippen molar-refractivity contribution in [1.82, 2.24) is 15.3 Å². The Balaban J connectivity index is 2.46. The van der Waals surface area contributed by atoms with Gasteiger partial charge in [-0.3, -0.25) is 4.79 Å². The summed E-state index contributed by atoms with van der Waals surface area (Å²) in [6, 6.07) is 0. The number of aromatic nitrogens is 2. The maximum atomic E-state index is 11.7. The van der Waals surface area contributed by atoms with Gasteiger partial charge in [-0.05, 0) is 5.92 Å². The molecule has 0 aliphatic rings. The highest BCUT2D eigenvalue weighted by molar-refractivity contribution is 5.91. The SMILES string of the molecule is COCCNc1cnc(C(=O)NCC(C)C)cn1. The molecular weight excluding hydrogens is 232 g/mol. The van der Waals surface area contributed by atoms with Crippen LogP contribution < -0.4 is 10.6 Å². The van der Waals surface area contributed by atoms with Crippen LogP contribution in [0.15, 0.2) is 12.4 Å². The summed E-state index contributed by atoms with van der Waals surface area (Å²) in [7, 11) is 1.63. The molecule has 1 aromatic heterocycles. The molecule has 100 valence electrons. The lowest BCUT2D eigenvalue weighted by atomic mass is 10.2. The number of carbonyl (C=O) groups excluding carboxylic acids is 1. The van der Waals surface area contributed by atoms with Gasteiger partial charge in [-0.15, -0.1) is 0 Å². The van der Waals surface area contributed by atoms with Gasteiger partial charge in [-0.25, -0.2) is 9.97 Å². The molecule has 1 heterocycles. The highest BCUT2D eigenvalue weighted by Crippen LogP contribution is 2.01. The fourth-order valence-corrected chi connectivity index (χ4v) is 1.21. The zero-order valence-electron chi connectivity index (χ0n) is 11.1. The van der Waals surface area contributed by atoms with Gasteiger partial charge in [0.25, 0.3) is 5.91 Å². The number of ether oxygens (including phenoxy) is 1. The van der Waals surface area contributed by atoms with Crippen molar-refractivity contribution in [2.24, 2.45) is 5.92 Å². The first kappa shape index (κ1) is 14.4. The smallest absolute Gasteiger partial charge is 0.271 e. The number of carbonyl (C=O) groups is 1. The minimum atomic E-state index is -0.195. The minimum Gasteiger partial charge on any atom is -0.383 e. The van der Waals surface area contributed by atoms with Crippen molar-refractivity contribution >= 4 is 11.7 Å². The van der Waals surface area contributed by atoms with Crippen molar-refractivity contribution in [3.05, 3.63) is 18.1 Å². The number of rotatable bonds is 7. The number of amides is 1. The summed E-state index contributed by atoms with van der Waals surface area (Å²) in [5.41, 5.74) is 0.327. The van der Waals surface area contributed by atoms with E-state index in [4.69, 9.17) is 4.74 Å². The Morgan fingerprint density at radius 3 is 2.72 bits per heavy atom. The lowest BCUT2D eigenvalue weighted by Gasteiger charge is -2.07. The van der Waals surface area contributed by atoms with E-state index in [1.807, 2.05) is 13.8 Å². The van der Waals surface area contributed by atoms with Crippen molar-refractivity contribution in [2.75, 3.05) is 32.1 Å². The van der Waals surface area contributed by atoms with Crippen LogP contribution >= 0.6 is 0 Å². The zero-order chi connectivity index (χ0) is 13.4. The van der Waals surface area contributed by atoms with Crippen molar-refractivity contribution in [2.45, 2.75) is 13.8 Å². The van der Waals surface area contributed by atoms with Gasteiger partial charge < -0.3 is 15.4 Å². The first-order valence-corrected chi connectivity index (χ1v) is 5.96. The van der Waals surface area contributed by atoms with E-state index in [1.165, 1.54) is 6.20 Å².